The highest BCUT2D eigenvalue weighted by molar-refractivity contribution is 7.80. The van der Waals surface area contributed by atoms with E-state index in [9.17, 15) is 0 Å². The van der Waals surface area contributed by atoms with Gasteiger partial charge in [0.15, 0.2) is 5.11 Å². The van der Waals surface area contributed by atoms with Crippen molar-refractivity contribution in [2.24, 2.45) is 0 Å². The summed E-state index contributed by atoms with van der Waals surface area (Å²) in [7, 11) is 0. The Morgan fingerprint density at radius 3 is 2.21 bits per heavy atom. The zero-order valence-corrected chi connectivity index (χ0v) is 15.9. The lowest BCUT2D eigenvalue weighted by Crippen LogP contribution is -2.39. The third-order valence-electron chi connectivity index (χ3n) is 4.12. The first-order valence-electron chi connectivity index (χ1n) is 8.20. The third kappa shape index (κ3) is 5.24. The maximum absolute atomic E-state index is 5.84. The predicted molar refractivity (Wildman–Crippen MR) is 106 cm³/mol. The molecule has 3 nitrogen and oxygen atoms in total. The van der Waals surface area contributed by atoms with Crippen molar-refractivity contribution >= 4 is 23.0 Å². The second-order valence-corrected chi connectivity index (χ2v) is 6.76. The highest BCUT2D eigenvalue weighted by Gasteiger charge is 2.07. The fourth-order valence-electron chi connectivity index (χ4n) is 2.28. The van der Waals surface area contributed by atoms with Gasteiger partial charge in [-0.25, -0.2) is 0 Å². The van der Waals surface area contributed by atoms with E-state index in [1.165, 1.54) is 22.3 Å². The Morgan fingerprint density at radius 1 is 0.958 bits per heavy atom. The lowest BCUT2D eigenvalue weighted by molar-refractivity contribution is 0.287. The van der Waals surface area contributed by atoms with Gasteiger partial charge in [0, 0.05) is 5.69 Å². The van der Waals surface area contributed by atoms with Crippen molar-refractivity contribution in [2.45, 2.75) is 40.7 Å². The Bertz CT molecular complexity index is 728. The summed E-state index contributed by atoms with van der Waals surface area (Å²) in [6.07, 6.45) is 0. The van der Waals surface area contributed by atoms with Crippen molar-refractivity contribution in [1.29, 1.82) is 0 Å². The molecule has 24 heavy (non-hydrogen) atoms. The lowest BCUT2D eigenvalue weighted by Gasteiger charge is -2.18. The number of nitrogens with one attached hydrogen (secondary N) is 2. The lowest BCUT2D eigenvalue weighted by atomic mass is 10.1. The second kappa shape index (κ2) is 8.15. The van der Waals surface area contributed by atoms with E-state index in [1.54, 1.807) is 0 Å². The van der Waals surface area contributed by atoms with Crippen LogP contribution in [-0.2, 0) is 0 Å². The van der Waals surface area contributed by atoms with Gasteiger partial charge in [0.2, 0.25) is 0 Å². The third-order valence-corrected chi connectivity index (χ3v) is 4.34. The number of aryl methyl sites for hydroxylation is 4. The van der Waals surface area contributed by atoms with Gasteiger partial charge < -0.3 is 15.4 Å². The number of hydrogen-bond donors (Lipinski definition) is 2. The van der Waals surface area contributed by atoms with Crippen LogP contribution in [0, 0.1) is 27.7 Å². The van der Waals surface area contributed by atoms with E-state index in [1.807, 2.05) is 12.1 Å². The molecule has 0 aliphatic carbocycles. The molecule has 0 saturated heterocycles. The van der Waals surface area contributed by atoms with E-state index >= 15 is 0 Å². The van der Waals surface area contributed by atoms with Crippen molar-refractivity contribution in [3.63, 3.8) is 0 Å². The minimum Gasteiger partial charge on any atom is -0.491 e. The molecular formula is C20H26N2OS. The first-order chi connectivity index (χ1) is 11.3. The van der Waals surface area contributed by atoms with E-state index in [4.69, 9.17) is 17.0 Å². The zero-order chi connectivity index (χ0) is 17.7. The minimum absolute atomic E-state index is 0.109. The molecule has 0 fully saturated rings. The summed E-state index contributed by atoms with van der Waals surface area (Å²) in [5.74, 6) is 0.889. The normalized spacial score (nSPS) is 11.7. The molecule has 0 bridgehead atoms. The van der Waals surface area contributed by atoms with Gasteiger partial charge in [-0.3, -0.25) is 0 Å². The fourth-order valence-corrected chi connectivity index (χ4v) is 2.60. The Kier molecular flexibility index (Phi) is 6.21. The molecule has 2 aromatic rings. The van der Waals surface area contributed by atoms with E-state index in [2.05, 4.69) is 69.5 Å². The average Bonchev–Trinajstić information content (AvgIpc) is 2.52. The van der Waals surface area contributed by atoms with Gasteiger partial charge >= 0.3 is 0 Å². The molecular weight excluding hydrogens is 316 g/mol. The summed E-state index contributed by atoms with van der Waals surface area (Å²) in [4.78, 5) is 0. The molecule has 0 heterocycles. The molecule has 128 valence electrons. The summed E-state index contributed by atoms with van der Waals surface area (Å²) >= 11 is 5.38. The molecule has 0 aliphatic heterocycles. The van der Waals surface area contributed by atoms with Gasteiger partial charge in [0.05, 0.1) is 6.04 Å². The van der Waals surface area contributed by atoms with Crippen molar-refractivity contribution < 1.29 is 4.74 Å². The number of anilines is 1. The number of ether oxygens (including phenoxy) is 1. The largest absolute Gasteiger partial charge is 0.491 e. The molecule has 0 radical (unpaired) electrons. The number of rotatable bonds is 5. The second-order valence-electron chi connectivity index (χ2n) is 6.36. The van der Waals surface area contributed by atoms with Crippen LogP contribution >= 0.6 is 12.2 Å². The monoisotopic (exact) mass is 342 g/mol. The molecule has 0 amide bonds. The summed E-state index contributed by atoms with van der Waals surface area (Å²) in [6, 6.07) is 12.5. The predicted octanol–water partition coefficient (Wildman–Crippen LogP) is 4.67. The van der Waals surface area contributed by atoms with Gasteiger partial charge in [-0.05, 0) is 93.4 Å². The number of hydrogen-bond acceptors (Lipinski definition) is 2. The quantitative estimate of drug-likeness (QED) is 0.773. The van der Waals surface area contributed by atoms with Gasteiger partial charge in [-0.2, -0.15) is 0 Å². The number of benzene rings is 2. The van der Waals surface area contributed by atoms with Crippen LogP contribution in [0.1, 0.15) is 29.2 Å². The van der Waals surface area contributed by atoms with Crippen molar-refractivity contribution in [3.8, 4) is 5.75 Å². The molecule has 0 spiro atoms. The average molecular weight is 343 g/mol. The van der Waals surface area contributed by atoms with Crippen molar-refractivity contribution in [1.82, 2.24) is 5.32 Å². The molecule has 2 N–H and O–H groups in total. The van der Waals surface area contributed by atoms with E-state index in [-0.39, 0.29) is 6.04 Å². The molecule has 0 aromatic heterocycles. The highest BCUT2D eigenvalue weighted by atomic mass is 32.1. The van der Waals surface area contributed by atoms with Crippen molar-refractivity contribution in [3.05, 3.63) is 58.7 Å². The van der Waals surface area contributed by atoms with Crippen LogP contribution in [0.2, 0.25) is 0 Å². The SMILES string of the molecule is Cc1ccc(NC(=S)NC(C)COc2ccc(C)c(C)c2)cc1C. The van der Waals surface area contributed by atoms with E-state index in [0.717, 1.165) is 11.4 Å². The van der Waals surface area contributed by atoms with Crippen LogP contribution in [0.4, 0.5) is 5.69 Å². The fraction of sp³-hybridized carbons (Fsp3) is 0.350. The Hall–Kier alpha value is -2.07. The van der Waals surface area contributed by atoms with Gasteiger partial charge in [0.1, 0.15) is 12.4 Å². The maximum atomic E-state index is 5.84. The molecule has 1 atom stereocenters. The minimum atomic E-state index is 0.109. The van der Waals surface area contributed by atoms with E-state index < -0.39 is 0 Å². The maximum Gasteiger partial charge on any atom is 0.171 e. The summed E-state index contributed by atoms with van der Waals surface area (Å²) in [5, 5.41) is 7.08. The summed E-state index contributed by atoms with van der Waals surface area (Å²) < 4.78 is 5.84. The topological polar surface area (TPSA) is 33.3 Å². The van der Waals surface area contributed by atoms with Gasteiger partial charge in [0.25, 0.3) is 0 Å². The van der Waals surface area contributed by atoms with Crippen LogP contribution in [0.25, 0.3) is 0 Å². The van der Waals surface area contributed by atoms with Crippen LogP contribution in [0.5, 0.6) is 5.75 Å². The standard InChI is InChI=1S/C20H26N2OS/c1-13-6-8-18(10-15(13)3)22-20(24)21-17(5)12-23-19-9-7-14(2)16(4)11-19/h6-11,17H,12H2,1-5H3,(H2,21,22,24). The molecule has 4 heteroatoms. The Morgan fingerprint density at radius 2 is 1.58 bits per heavy atom. The van der Waals surface area contributed by atoms with Crippen LogP contribution in [0.3, 0.4) is 0 Å². The Balaban J connectivity index is 1.82. The van der Waals surface area contributed by atoms with Gasteiger partial charge in [-0.1, -0.05) is 12.1 Å². The molecule has 0 saturated carbocycles. The molecule has 2 rings (SSSR count). The highest BCUT2D eigenvalue weighted by Crippen LogP contribution is 2.17. The Labute approximate surface area is 150 Å². The van der Waals surface area contributed by atoms with Crippen LogP contribution < -0.4 is 15.4 Å². The summed E-state index contributed by atoms with van der Waals surface area (Å²) in [5.41, 5.74) is 6.02. The first-order valence-corrected chi connectivity index (χ1v) is 8.61. The smallest absolute Gasteiger partial charge is 0.171 e. The number of thiocarbonyl (C=S) groups is 1. The molecule has 1 unspecified atom stereocenters. The summed E-state index contributed by atoms with van der Waals surface area (Å²) in [6.45, 7) is 11.0. The van der Waals surface area contributed by atoms with Crippen molar-refractivity contribution in [2.75, 3.05) is 11.9 Å². The molecule has 0 aliphatic rings. The zero-order valence-electron chi connectivity index (χ0n) is 15.1. The van der Waals surface area contributed by atoms with Gasteiger partial charge in [-0.15, -0.1) is 0 Å². The first kappa shape index (κ1) is 18.3. The van der Waals surface area contributed by atoms with Crippen LogP contribution in [-0.4, -0.2) is 17.8 Å². The van der Waals surface area contributed by atoms with E-state index in [0.29, 0.717) is 11.7 Å². The molecule has 2 aromatic carbocycles. The van der Waals surface area contributed by atoms with Crippen LogP contribution in [0.15, 0.2) is 36.4 Å².